The molecule has 6 nitrogen and oxygen atoms in total. The summed E-state index contributed by atoms with van der Waals surface area (Å²) >= 11 is 0. The molecule has 1 N–H and O–H groups in total. The number of fused-ring (bicyclic) bond motifs is 3. The Bertz CT molecular complexity index is 957. The lowest BCUT2D eigenvalue weighted by Crippen LogP contribution is -2.61. The van der Waals surface area contributed by atoms with Crippen LogP contribution in [-0.2, 0) is 9.53 Å². The van der Waals surface area contributed by atoms with Crippen LogP contribution in [0.2, 0.25) is 0 Å². The fourth-order valence-corrected chi connectivity index (χ4v) is 5.52. The van der Waals surface area contributed by atoms with Gasteiger partial charge in [-0.25, -0.2) is 4.39 Å². The summed E-state index contributed by atoms with van der Waals surface area (Å²) in [5, 5.41) is 0.707. The standard InChI is InChI=1S/C22H26FN3O3/c1-2-20(27)25-7-8-29-22(13-25)11-16-4-5-17(12-22)26(16)21(28)19-10-14-9-15(23)3-6-18(14)24-19/h3,6,9-10,16-17,24H,2,4-5,7-8,11-13H2,1H3/t16-,17+,22?. The molecule has 3 fully saturated rings. The second kappa shape index (κ2) is 6.83. The maximum absolute atomic E-state index is 13.5. The molecule has 3 saturated heterocycles. The second-order valence-electron chi connectivity index (χ2n) is 8.62. The Kier molecular flexibility index (Phi) is 4.38. The average Bonchev–Trinajstić information content (AvgIpc) is 3.26. The Morgan fingerprint density at radius 3 is 2.72 bits per heavy atom. The molecule has 5 rings (SSSR count). The number of ether oxygens (including phenoxy) is 1. The summed E-state index contributed by atoms with van der Waals surface area (Å²) in [6.45, 7) is 3.73. The SMILES string of the molecule is CCC(=O)N1CCOC2(C[C@H]3CC[C@@H](C2)N3C(=O)c2cc3cc(F)ccc3[nH]2)C1. The summed E-state index contributed by atoms with van der Waals surface area (Å²) in [6, 6.07) is 6.46. The van der Waals surface area contributed by atoms with Crippen molar-refractivity contribution in [3.05, 3.63) is 35.8 Å². The van der Waals surface area contributed by atoms with E-state index >= 15 is 0 Å². The molecule has 2 aromatic rings. The van der Waals surface area contributed by atoms with Crippen LogP contribution < -0.4 is 0 Å². The van der Waals surface area contributed by atoms with Gasteiger partial charge in [0.1, 0.15) is 11.5 Å². The number of aromatic nitrogens is 1. The number of carbonyl (C=O) groups is 2. The van der Waals surface area contributed by atoms with E-state index in [-0.39, 0.29) is 35.3 Å². The fraction of sp³-hybridized carbons (Fsp3) is 0.545. The molecule has 3 atom stereocenters. The Labute approximate surface area is 169 Å². The van der Waals surface area contributed by atoms with E-state index in [1.165, 1.54) is 12.1 Å². The lowest BCUT2D eigenvalue weighted by atomic mass is 9.84. The average molecular weight is 399 g/mol. The third-order valence-electron chi connectivity index (χ3n) is 6.79. The number of halogens is 1. The number of nitrogens with zero attached hydrogens (tertiary/aromatic N) is 2. The van der Waals surface area contributed by atoms with Crippen LogP contribution >= 0.6 is 0 Å². The highest BCUT2D eigenvalue weighted by atomic mass is 19.1. The maximum Gasteiger partial charge on any atom is 0.270 e. The van der Waals surface area contributed by atoms with E-state index in [0.29, 0.717) is 37.2 Å². The van der Waals surface area contributed by atoms with Crippen LogP contribution in [0.1, 0.15) is 49.5 Å². The van der Waals surface area contributed by atoms with Gasteiger partial charge in [-0.15, -0.1) is 0 Å². The molecule has 7 heteroatoms. The van der Waals surface area contributed by atoms with E-state index < -0.39 is 0 Å². The number of rotatable bonds is 2. The zero-order valence-electron chi connectivity index (χ0n) is 16.6. The monoisotopic (exact) mass is 399 g/mol. The first kappa shape index (κ1) is 18.6. The smallest absolute Gasteiger partial charge is 0.270 e. The molecular formula is C22H26FN3O3. The third kappa shape index (κ3) is 3.12. The first-order chi connectivity index (χ1) is 14.0. The fourth-order valence-electron chi connectivity index (χ4n) is 5.52. The quantitative estimate of drug-likeness (QED) is 0.844. The number of carbonyl (C=O) groups excluding carboxylic acids is 2. The van der Waals surface area contributed by atoms with E-state index in [2.05, 4.69) is 4.98 Å². The predicted molar refractivity (Wildman–Crippen MR) is 106 cm³/mol. The third-order valence-corrected chi connectivity index (χ3v) is 6.79. The lowest BCUT2D eigenvalue weighted by molar-refractivity contribution is -0.163. The minimum Gasteiger partial charge on any atom is -0.371 e. The van der Waals surface area contributed by atoms with Gasteiger partial charge in [-0.1, -0.05) is 6.92 Å². The minimum absolute atomic E-state index is 0.0266. The molecule has 3 aliphatic heterocycles. The topological polar surface area (TPSA) is 65.6 Å². The highest BCUT2D eigenvalue weighted by molar-refractivity contribution is 5.98. The van der Waals surface area contributed by atoms with E-state index in [1.54, 1.807) is 12.1 Å². The summed E-state index contributed by atoms with van der Waals surface area (Å²) in [5.41, 5.74) is 0.931. The predicted octanol–water partition coefficient (Wildman–Crippen LogP) is 3.08. The number of nitrogens with one attached hydrogen (secondary N) is 1. The van der Waals surface area contributed by atoms with Crippen molar-refractivity contribution in [2.45, 2.75) is 56.7 Å². The highest BCUT2D eigenvalue weighted by Gasteiger charge is 2.52. The van der Waals surface area contributed by atoms with Crippen LogP contribution in [0.15, 0.2) is 24.3 Å². The molecule has 4 heterocycles. The number of hydrogen-bond acceptors (Lipinski definition) is 3. The summed E-state index contributed by atoms with van der Waals surface area (Å²) in [4.78, 5) is 32.6. The van der Waals surface area contributed by atoms with Crippen molar-refractivity contribution < 1.29 is 18.7 Å². The first-order valence-corrected chi connectivity index (χ1v) is 10.5. The van der Waals surface area contributed by atoms with Gasteiger partial charge in [0.2, 0.25) is 5.91 Å². The summed E-state index contributed by atoms with van der Waals surface area (Å²) in [5.74, 6) is -0.166. The minimum atomic E-state index is -0.338. The summed E-state index contributed by atoms with van der Waals surface area (Å²) in [6.07, 6.45) is 3.94. The van der Waals surface area contributed by atoms with Crippen LogP contribution in [0.3, 0.4) is 0 Å². The maximum atomic E-state index is 13.5. The molecule has 0 radical (unpaired) electrons. The van der Waals surface area contributed by atoms with Gasteiger partial charge in [0, 0.05) is 42.5 Å². The normalized spacial score (nSPS) is 29.0. The highest BCUT2D eigenvalue weighted by Crippen LogP contribution is 2.44. The van der Waals surface area contributed by atoms with Crippen LogP contribution in [0.25, 0.3) is 10.9 Å². The summed E-state index contributed by atoms with van der Waals surface area (Å²) in [7, 11) is 0. The zero-order valence-corrected chi connectivity index (χ0v) is 16.6. The molecule has 2 bridgehead atoms. The largest absolute Gasteiger partial charge is 0.371 e. The molecule has 1 unspecified atom stereocenters. The molecule has 0 saturated carbocycles. The number of benzene rings is 1. The van der Waals surface area contributed by atoms with Crippen molar-refractivity contribution in [1.82, 2.24) is 14.8 Å². The van der Waals surface area contributed by atoms with Gasteiger partial charge >= 0.3 is 0 Å². The molecule has 3 aliphatic rings. The Morgan fingerprint density at radius 1 is 1.24 bits per heavy atom. The molecule has 1 aromatic heterocycles. The van der Waals surface area contributed by atoms with E-state index in [9.17, 15) is 14.0 Å². The van der Waals surface area contributed by atoms with Crippen LogP contribution in [0.5, 0.6) is 0 Å². The zero-order chi connectivity index (χ0) is 20.2. The van der Waals surface area contributed by atoms with Crippen molar-refractivity contribution in [3.8, 4) is 0 Å². The number of piperidine rings is 1. The van der Waals surface area contributed by atoms with Gasteiger partial charge in [0.25, 0.3) is 5.91 Å². The Balaban J connectivity index is 1.37. The van der Waals surface area contributed by atoms with Crippen LogP contribution in [0, 0.1) is 5.82 Å². The molecule has 1 aromatic carbocycles. The van der Waals surface area contributed by atoms with Crippen molar-refractivity contribution in [3.63, 3.8) is 0 Å². The van der Waals surface area contributed by atoms with Gasteiger partial charge in [0.15, 0.2) is 0 Å². The second-order valence-corrected chi connectivity index (χ2v) is 8.62. The molecule has 29 heavy (non-hydrogen) atoms. The van der Waals surface area contributed by atoms with Gasteiger partial charge in [-0.2, -0.15) is 0 Å². The Morgan fingerprint density at radius 2 is 2.00 bits per heavy atom. The van der Waals surface area contributed by atoms with Gasteiger partial charge < -0.3 is 19.5 Å². The first-order valence-electron chi connectivity index (χ1n) is 10.5. The van der Waals surface area contributed by atoms with E-state index in [0.717, 1.165) is 31.2 Å². The number of aromatic amines is 1. The molecule has 1 spiro atoms. The number of hydrogen-bond donors (Lipinski definition) is 1. The molecule has 154 valence electrons. The van der Waals surface area contributed by atoms with Crippen molar-refractivity contribution in [1.29, 1.82) is 0 Å². The lowest BCUT2D eigenvalue weighted by Gasteiger charge is -2.50. The number of morpholine rings is 1. The van der Waals surface area contributed by atoms with Crippen molar-refractivity contribution in [2.75, 3.05) is 19.7 Å². The number of H-pyrrole nitrogens is 1. The van der Waals surface area contributed by atoms with Crippen molar-refractivity contribution in [2.24, 2.45) is 0 Å². The van der Waals surface area contributed by atoms with Gasteiger partial charge in [-0.3, -0.25) is 9.59 Å². The van der Waals surface area contributed by atoms with E-state index in [1.807, 2.05) is 16.7 Å². The summed E-state index contributed by atoms with van der Waals surface area (Å²) < 4.78 is 19.7. The molecular weight excluding hydrogens is 373 g/mol. The van der Waals surface area contributed by atoms with E-state index in [4.69, 9.17) is 4.74 Å². The molecule has 0 aliphatic carbocycles. The van der Waals surface area contributed by atoms with Crippen LogP contribution in [0.4, 0.5) is 4.39 Å². The van der Waals surface area contributed by atoms with Crippen LogP contribution in [-0.4, -0.2) is 64.0 Å². The Hall–Kier alpha value is -2.41. The van der Waals surface area contributed by atoms with Crippen molar-refractivity contribution >= 4 is 22.7 Å². The number of amides is 2. The molecule has 2 amide bonds. The van der Waals surface area contributed by atoms with Gasteiger partial charge in [0.05, 0.1) is 12.2 Å². The van der Waals surface area contributed by atoms with Gasteiger partial charge in [-0.05, 0) is 49.9 Å².